The fourth-order valence-corrected chi connectivity index (χ4v) is 2.91. The molecule has 3 rings (SSSR count). The van der Waals surface area contributed by atoms with Crippen LogP contribution in [0.25, 0.3) is 10.6 Å². The largest absolute Gasteiger partial charge is 0.384 e. The smallest absolute Gasteiger partial charge is 0.271 e. The van der Waals surface area contributed by atoms with E-state index < -0.39 is 0 Å². The summed E-state index contributed by atoms with van der Waals surface area (Å²) in [6.45, 7) is 0.866. The van der Waals surface area contributed by atoms with Crippen molar-refractivity contribution < 1.29 is 9.59 Å². The molecule has 5 N–H and O–H groups in total. The van der Waals surface area contributed by atoms with Gasteiger partial charge in [-0.15, -0.1) is 11.3 Å². The van der Waals surface area contributed by atoms with Crippen molar-refractivity contribution >= 4 is 29.0 Å². The molecule has 2 amide bonds. The Morgan fingerprint density at radius 1 is 1.15 bits per heavy atom. The lowest BCUT2D eigenvalue weighted by Gasteiger charge is -2.06. The molecule has 0 aliphatic heterocycles. The first-order chi connectivity index (χ1) is 12.6. The second kappa shape index (κ2) is 8.26. The number of hydrogen-bond donors (Lipinski definition) is 4. The third-order valence-corrected chi connectivity index (χ3v) is 4.47. The van der Waals surface area contributed by atoms with Crippen molar-refractivity contribution in [3.63, 3.8) is 0 Å². The van der Waals surface area contributed by atoms with Crippen molar-refractivity contribution in [2.45, 2.75) is 6.42 Å². The highest BCUT2D eigenvalue weighted by atomic mass is 32.1. The van der Waals surface area contributed by atoms with E-state index >= 15 is 0 Å². The van der Waals surface area contributed by atoms with Gasteiger partial charge in [-0.1, -0.05) is 6.07 Å². The SMILES string of the molecule is Nc1ccc(C(=O)NCCCNC(=O)c2cc(-c3cccs3)[nH]n2)cn1. The number of aromatic amines is 1. The number of amides is 2. The maximum Gasteiger partial charge on any atom is 0.271 e. The Morgan fingerprint density at radius 2 is 1.96 bits per heavy atom. The van der Waals surface area contributed by atoms with Crippen LogP contribution in [0.3, 0.4) is 0 Å². The summed E-state index contributed by atoms with van der Waals surface area (Å²) < 4.78 is 0. The monoisotopic (exact) mass is 370 g/mol. The van der Waals surface area contributed by atoms with E-state index in [1.807, 2.05) is 17.5 Å². The van der Waals surface area contributed by atoms with Crippen LogP contribution in [0.1, 0.15) is 27.3 Å². The van der Waals surface area contributed by atoms with E-state index in [9.17, 15) is 9.59 Å². The van der Waals surface area contributed by atoms with Gasteiger partial charge in [-0.05, 0) is 36.1 Å². The quantitative estimate of drug-likeness (QED) is 0.471. The van der Waals surface area contributed by atoms with Crippen molar-refractivity contribution in [1.82, 2.24) is 25.8 Å². The second-order valence-electron chi connectivity index (χ2n) is 5.48. The number of H-pyrrole nitrogens is 1. The number of aromatic nitrogens is 3. The minimum Gasteiger partial charge on any atom is -0.384 e. The van der Waals surface area contributed by atoms with Gasteiger partial charge in [0.2, 0.25) is 0 Å². The summed E-state index contributed by atoms with van der Waals surface area (Å²) in [6.07, 6.45) is 2.03. The number of pyridine rings is 1. The summed E-state index contributed by atoms with van der Waals surface area (Å²) in [6, 6.07) is 8.80. The lowest BCUT2D eigenvalue weighted by Crippen LogP contribution is -2.30. The summed E-state index contributed by atoms with van der Waals surface area (Å²) in [7, 11) is 0. The molecule has 8 nitrogen and oxygen atoms in total. The number of hydrogen-bond acceptors (Lipinski definition) is 6. The minimum atomic E-state index is -0.252. The van der Waals surface area contributed by atoms with Gasteiger partial charge in [-0.3, -0.25) is 14.7 Å². The Bertz CT molecular complexity index is 873. The Hall–Kier alpha value is -3.20. The van der Waals surface area contributed by atoms with E-state index in [1.165, 1.54) is 6.20 Å². The van der Waals surface area contributed by atoms with E-state index in [0.717, 1.165) is 10.6 Å². The standard InChI is InChI=1S/C17H18N6O2S/c18-15-5-4-11(10-21-15)16(24)19-6-2-7-20-17(25)13-9-12(22-23-13)14-3-1-8-26-14/h1,3-5,8-10H,2,6-7H2,(H2,18,21)(H,19,24)(H,20,25)(H,22,23). The number of nitrogens with zero attached hydrogens (tertiary/aromatic N) is 2. The molecule has 0 spiro atoms. The van der Waals surface area contributed by atoms with Crippen LogP contribution in [-0.4, -0.2) is 40.1 Å². The normalized spacial score (nSPS) is 10.5. The first-order valence-electron chi connectivity index (χ1n) is 8.00. The molecule has 0 aliphatic rings. The third kappa shape index (κ3) is 4.45. The predicted octanol–water partition coefficient (Wildman–Crippen LogP) is 1.67. The molecule has 0 fully saturated rings. The van der Waals surface area contributed by atoms with Gasteiger partial charge in [0.05, 0.1) is 16.1 Å². The number of anilines is 1. The number of carbonyl (C=O) groups excluding carboxylic acids is 2. The van der Waals surface area contributed by atoms with Crippen LogP contribution in [0.5, 0.6) is 0 Å². The van der Waals surface area contributed by atoms with E-state index in [4.69, 9.17) is 5.73 Å². The van der Waals surface area contributed by atoms with Crippen LogP contribution in [-0.2, 0) is 0 Å². The molecule has 3 aromatic rings. The Morgan fingerprint density at radius 3 is 2.65 bits per heavy atom. The Kier molecular flexibility index (Phi) is 5.59. The van der Waals surface area contributed by atoms with E-state index in [2.05, 4.69) is 25.8 Å². The highest BCUT2D eigenvalue weighted by Crippen LogP contribution is 2.22. The molecule has 0 bridgehead atoms. The zero-order valence-corrected chi connectivity index (χ0v) is 14.7. The summed E-state index contributed by atoms with van der Waals surface area (Å²) in [5.74, 6) is -0.111. The first-order valence-corrected chi connectivity index (χ1v) is 8.88. The summed E-state index contributed by atoms with van der Waals surface area (Å²) in [5.41, 5.74) is 7.08. The van der Waals surface area contributed by atoms with Gasteiger partial charge in [0, 0.05) is 19.3 Å². The molecule has 3 aromatic heterocycles. The van der Waals surface area contributed by atoms with Crippen molar-refractivity contribution in [3.8, 4) is 10.6 Å². The number of nitrogens with two attached hydrogens (primary N) is 1. The van der Waals surface area contributed by atoms with Crippen LogP contribution in [0.4, 0.5) is 5.82 Å². The van der Waals surface area contributed by atoms with Crippen LogP contribution in [0, 0.1) is 0 Å². The molecule has 0 aromatic carbocycles. The summed E-state index contributed by atoms with van der Waals surface area (Å²) in [5, 5.41) is 14.4. The van der Waals surface area contributed by atoms with Crippen LogP contribution in [0.2, 0.25) is 0 Å². The first kappa shape index (κ1) is 17.6. The van der Waals surface area contributed by atoms with Crippen molar-refractivity contribution in [1.29, 1.82) is 0 Å². The zero-order chi connectivity index (χ0) is 18.4. The molecular weight excluding hydrogens is 352 g/mol. The maximum absolute atomic E-state index is 12.1. The molecule has 0 saturated heterocycles. The van der Waals surface area contributed by atoms with E-state index in [-0.39, 0.29) is 11.8 Å². The number of nitrogens with one attached hydrogen (secondary N) is 3. The lowest BCUT2D eigenvalue weighted by molar-refractivity contribution is 0.0948. The lowest BCUT2D eigenvalue weighted by atomic mass is 10.2. The highest BCUT2D eigenvalue weighted by molar-refractivity contribution is 7.13. The van der Waals surface area contributed by atoms with Crippen molar-refractivity contribution in [2.75, 3.05) is 18.8 Å². The number of carbonyl (C=O) groups is 2. The molecule has 134 valence electrons. The Balaban J connectivity index is 1.39. The highest BCUT2D eigenvalue weighted by Gasteiger charge is 2.11. The number of nitrogen functional groups attached to an aromatic ring is 1. The average Bonchev–Trinajstić information content (AvgIpc) is 3.33. The summed E-state index contributed by atoms with van der Waals surface area (Å²) in [4.78, 5) is 28.9. The van der Waals surface area contributed by atoms with Crippen molar-refractivity contribution in [3.05, 3.63) is 53.2 Å². The molecular formula is C17H18N6O2S. The zero-order valence-electron chi connectivity index (χ0n) is 13.9. The van der Waals surface area contributed by atoms with Gasteiger partial charge in [-0.2, -0.15) is 5.10 Å². The van der Waals surface area contributed by atoms with Crippen LogP contribution in [0.15, 0.2) is 41.9 Å². The van der Waals surface area contributed by atoms with Crippen LogP contribution >= 0.6 is 11.3 Å². The molecule has 9 heteroatoms. The molecule has 0 radical (unpaired) electrons. The van der Waals surface area contributed by atoms with Gasteiger partial charge in [0.1, 0.15) is 5.82 Å². The molecule has 0 atom stereocenters. The average molecular weight is 370 g/mol. The van der Waals surface area contributed by atoms with Gasteiger partial charge in [0.25, 0.3) is 11.8 Å². The third-order valence-electron chi connectivity index (χ3n) is 3.57. The molecule has 0 aliphatic carbocycles. The summed E-state index contributed by atoms with van der Waals surface area (Å²) >= 11 is 1.57. The van der Waals surface area contributed by atoms with Crippen LogP contribution < -0.4 is 16.4 Å². The Labute approximate surface area is 153 Å². The number of rotatable bonds is 7. The molecule has 3 heterocycles. The fraction of sp³-hybridized carbons (Fsp3) is 0.176. The minimum absolute atomic E-state index is 0.225. The predicted molar refractivity (Wildman–Crippen MR) is 99.8 cm³/mol. The van der Waals surface area contributed by atoms with E-state index in [1.54, 1.807) is 29.5 Å². The van der Waals surface area contributed by atoms with Gasteiger partial charge in [-0.25, -0.2) is 4.98 Å². The van der Waals surface area contributed by atoms with Crippen molar-refractivity contribution in [2.24, 2.45) is 0 Å². The molecule has 0 saturated carbocycles. The van der Waals surface area contributed by atoms with E-state index in [0.29, 0.717) is 36.6 Å². The van der Waals surface area contributed by atoms with Gasteiger partial charge < -0.3 is 16.4 Å². The maximum atomic E-state index is 12.1. The van der Waals surface area contributed by atoms with Gasteiger partial charge >= 0.3 is 0 Å². The number of thiophene rings is 1. The topological polar surface area (TPSA) is 126 Å². The second-order valence-corrected chi connectivity index (χ2v) is 6.43. The van der Waals surface area contributed by atoms with Gasteiger partial charge in [0.15, 0.2) is 5.69 Å². The fourth-order valence-electron chi connectivity index (χ4n) is 2.22. The molecule has 0 unspecified atom stereocenters. The molecule has 26 heavy (non-hydrogen) atoms.